The van der Waals surface area contributed by atoms with Gasteiger partial charge in [-0.15, -0.1) is 5.06 Å². The summed E-state index contributed by atoms with van der Waals surface area (Å²) < 4.78 is 5.43. The molecule has 0 aromatic heterocycles. The van der Waals surface area contributed by atoms with Crippen LogP contribution in [0, 0.1) is 0 Å². The summed E-state index contributed by atoms with van der Waals surface area (Å²) in [5.74, 6) is -6.22. The second-order valence-electron chi connectivity index (χ2n) is 27.4. The lowest BCUT2D eigenvalue weighted by atomic mass is 10.0. The molecule has 2 aliphatic rings. The molecule has 0 spiro atoms. The maximum atomic E-state index is 13.9. The number of hydroxylamine groups is 2. The van der Waals surface area contributed by atoms with Gasteiger partial charge in [0.25, 0.3) is 23.6 Å². The molecule has 2 heterocycles. The monoisotopic (exact) mass is 1460 g/mol. The Balaban J connectivity index is 1.84. The highest BCUT2D eigenvalue weighted by atomic mass is 16.7. The number of carbonyl (C=O) groups is 16. The Morgan fingerprint density at radius 3 is 1.30 bits per heavy atom. The molecule has 0 aromatic rings. The van der Waals surface area contributed by atoms with Crippen molar-refractivity contribution < 1.29 is 86.3 Å². The minimum Gasteiger partial charge on any atom is -0.466 e. The number of ether oxygens (including phenoxy) is 1. The zero-order valence-corrected chi connectivity index (χ0v) is 62.6. The number of unbranched alkanes of at least 4 members (excludes halogenated alkanes) is 11. The van der Waals surface area contributed by atoms with Crippen LogP contribution in [0.4, 0.5) is 0 Å². The molecule has 1 saturated heterocycles. The average Bonchev–Trinajstić information content (AvgIpc) is 1.31. The first kappa shape index (κ1) is 91.0. The third-order valence-corrected chi connectivity index (χ3v) is 16.5. The molecule has 2 rings (SSSR count). The Labute approximate surface area is 608 Å². The van der Waals surface area contributed by atoms with E-state index in [1.54, 1.807) is 42.9 Å². The fraction of sp³-hybridized carbons (Fsp3) is 0.746. The number of hydrogen-bond acceptors (Lipinski definition) is 22. The molecule has 3 atom stereocenters. The number of amides is 12. The molecule has 7 N–H and O–H groups in total. The number of ketones is 2. The number of rotatable bonds is 60. The van der Waals surface area contributed by atoms with Crippen LogP contribution in [0.15, 0.2) is 12.2 Å². The van der Waals surface area contributed by atoms with Crippen molar-refractivity contribution >= 4 is 94.4 Å². The van der Waals surface area contributed by atoms with Crippen molar-refractivity contribution in [3.8, 4) is 0 Å². The molecule has 0 radical (unpaired) electrons. The van der Waals surface area contributed by atoms with Crippen LogP contribution >= 0.6 is 0 Å². The normalized spacial score (nSPS) is 13.7. The first-order valence-corrected chi connectivity index (χ1v) is 36.7. The highest BCUT2D eigenvalue weighted by Gasteiger charge is 2.33. The van der Waals surface area contributed by atoms with Gasteiger partial charge in [-0.05, 0) is 146 Å². The van der Waals surface area contributed by atoms with Gasteiger partial charge in [-0.25, -0.2) is 4.79 Å². The molecule has 103 heavy (non-hydrogen) atoms. The predicted molar refractivity (Wildman–Crippen MR) is 382 cm³/mol. The van der Waals surface area contributed by atoms with E-state index < -0.39 is 59.5 Å². The first-order valence-electron chi connectivity index (χ1n) is 36.7. The Kier molecular flexibility index (Phi) is 47.4. The van der Waals surface area contributed by atoms with Gasteiger partial charge in [-0.3, -0.25) is 76.8 Å². The molecule has 0 bridgehead atoms. The Hall–Kier alpha value is -8.10. The summed E-state index contributed by atoms with van der Waals surface area (Å²) in [5, 5.41) is 20.0. The van der Waals surface area contributed by atoms with Gasteiger partial charge in [-0.1, -0.05) is 44.9 Å². The summed E-state index contributed by atoms with van der Waals surface area (Å²) in [5.41, 5.74) is 0. The first-order chi connectivity index (χ1) is 49.0. The average molecular weight is 1460 g/mol. The number of esters is 1. The smallest absolute Gasteiger partial charge is 0.334 e. The molecule has 32 heteroatoms. The number of nitrogens with zero attached hydrogens (tertiary/aromatic N) is 7. The van der Waals surface area contributed by atoms with Crippen LogP contribution < -0.4 is 37.2 Å². The number of carbonyl (C=O) groups excluding carboxylic acids is 16. The van der Waals surface area contributed by atoms with Gasteiger partial charge in [-0.2, -0.15) is 0 Å². The number of imide groups is 2. The van der Waals surface area contributed by atoms with Crippen LogP contribution in [0.25, 0.3) is 0 Å². The van der Waals surface area contributed by atoms with Crippen LogP contribution in [0.5, 0.6) is 0 Å². The summed E-state index contributed by atoms with van der Waals surface area (Å²) in [6.07, 6.45) is 14.7. The number of likely N-dealkylation sites (N-methyl/N-ethyl adjacent to an activating group) is 4. The van der Waals surface area contributed by atoms with Crippen molar-refractivity contribution in [2.45, 2.75) is 211 Å². The fourth-order valence-electron chi connectivity index (χ4n) is 11.2. The Morgan fingerprint density at radius 1 is 0.398 bits per heavy atom. The standard InChI is InChI=1S/C71H120N14O18/c1-79(2)49-53(86)27-15-12-17-29-56(77-60(90)51-81(5)6)69(99)73-42-25-45-83(46-26-43-74-70(100)57(78-61(91)52-82(7)8)30-18-13-16-28-54(87)50-80(3)4)62(92)33-20-10-9-11-21-34-67(97)102-48-24-14-19-32-58(88)72-41-23-22-31-55(76-59(89)40-47-84-63(93)35-36-64(84)94)71(101)75-44-39-68(98)103-85-65(95)37-38-66(85)96/h35-36,55-57H,9-34,37-52H2,1-8H3,(H,72,88)(H,73,99)(H,74,100)(H,75,101)(H,76,89)(H,77,90)(H,78,91)/t55-,56-,57-/m0/s1. The summed E-state index contributed by atoms with van der Waals surface area (Å²) in [6, 6.07) is -2.65. The van der Waals surface area contributed by atoms with Gasteiger partial charge < -0.3 is 71.3 Å². The summed E-state index contributed by atoms with van der Waals surface area (Å²) in [7, 11) is 14.4. The molecular weight excluding hydrogens is 1340 g/mol. The van der Waals surface area contributed by atoms with E-state index in [0.29, 0.717) is 153 Å². The zero-order valence-electron chi connectivity index (χ0n) is 62.6. The zero-order chi connectivity index (χ0) is 76.5. The van der Waals surface area contributed by atoms with E-state index in [-0.39, 0.29) is 157 Å². The second kappa shape index (κ2) is 53.7. The summed E-state index contributed by atoms with van der Waals surface area (Å²) in [6.45, 7) is 2.05. The van der Waals surface area contributed by atoms with Crippen molar-refractivity contribution in [2.75, 3.05) is 135 Å². The van der Waals surface area contributed by atoms with Crippen molar-refractivity contribution in [1.82, 2.24) is 71.7 Å². The highest BCUT2D eigenvalue weighted by molar-refractivity contribution is 6.13. The fourth-order valence-corrected chi connectivity index (χ4v) is 11.2. The molecular formula is C71H120N14O18. The number of Topliss-reactive ketones (excluding diaryl/α,β-unsaturated/α-hetero) is 2. The highest BCUT2D eigenvalue weighted by Crippen LogP contribution is 2.16. The van der Waals surface area contributed by atoms with E-state index >= 15 is 0 Å². The van der Waals surface area contributed by atoms with Gasteiger partial charge in [0.05, 0.1) is 39.2 Å². The van der Waals surface area contributed by atoms with E-state index in [4.69, 9.17) is 9.57 Å². The van der Waals surface area contributed by atoms with Gasteiger partial charge in [0.15, 0.2) is 0 Å². The van der Waals surface area contributed by atoms with E-state index in [0.717, 1.165) is 36.3 Å². The Bertz CT molecular complexity index is 2670. The van der Waals surface area contributed by atoms with E-state index in [9.17, 15) is 76.7 Å². The molecule has 2 aliphatic heterocycles. The van der Waals surface area contributed by atoms with Crippen LogP contribution in [-0.2, 0) is 86.3 Å². The third kappa shape index (κ3) is 44.2. The predicted octanol–water partition coefficient (Wildman–Crippen LogP) is 1.12. The van der Waals surface area contributed by atoms with E-state index in [2.05, 4.69) is 37.2 Å². The maximum absolute atomic E-state index is 13.9. The Morgan fingerprint density at radius 2 is 0.806 bits per heavy atom. The second-order valence-corrected chi connectivity index (χ2v) is 27.4. The van der Waals surface area contributed by atoms with Gasteiger partial charge in [0.1, 0.15) is 29.7 Å². The molecule has 0 aromatic carbocycles. The van der Waals surface area contributed by atoms with Crippen LogP contribution in [0.1, 0.15) is 193 Å². The van der Waals surface area contributed by atoms with Crippen LogP contribution in [-0.4, -0.2) is 282 Å². The molecule has 0 aliphatic carbocycles. The summed E-state index contributed by atoms with van der Waals surface area (Å²) in [4.78, 5) is 216. The SMILES string of the molecule is CN(C)CC(=O)CCCCC[C@H](NC(=O)CN(C)C)C(=O)NCCCN(CCCNC(=O)[C@H](CCCCCC(=O)CN(C)C)NC(=O)CN(C)C)C(=O)CCCCCCCC(=O)OCCCCCC(=O)NCCCC[C@H](NC(=O)CCN1C(=O)C=CC1=O)C(=O)NCCC(=O)ON1C(=O)CCC1=O. The molecule has 0 unspecified atom stereocenters. The molecule has 0 saturated carbocycles. The maximum Gasteiger partial charge on any atom is 0.334 e. The van der Waals surface area contributed by atoms with E-state index in [1.165, 1.54) is 0 Å². The van der Waals surface area contributed by atoms with Crippen molar-refractivity contribution in [2.24, 2.45) is 0 Å². The molecule has 1 fully saturated rings. The minimum atomic E-state index is -1.08. The third-order valence-electron chi connectivity index (χ3n) is 16.5. The number of nitrogens with one attached hydrogen (secondary N) is 7. The topological polar surface area (TPSA) is 398 Å². The lowest BCUT2D eigenvalue weighted by Crippen LogP contribution is -2.49. The molecule has 582 valence electrons. The van der Waals surface area contributed by atoms with Crippen LogP contribution in [0.3, 0.4) is 0 Å². The lowest BCUT2D eigenvalue weighted by Gasteiger charge is -2.24. The van der Waals surface area contributed by atoms with Crippen molar-refractivity contribution in [3.05, 3.63) is 12.2 Å². The van der Waals surface area contributed by atoms with Gasteiger partial charge in [0.2, 0.25) is 47.3 Å². The lowest BCUT2D eigenvalue weighted by molar-refractivity contribution is -0.197. The largest absolute Gasteiger partial charge is 0.466 e. The van der Waals surface area contributed by atoms with Crippen molar-refractivity contribution in [1.29, 1.82) is 0 Å². The quantitative estimate of drug-likeness (QED) is 0.0255. The minimum absolute atomic E-state index is 0.0831. The van der Waals surface area contributed by atoms with Crippen molar-refractivity contribution in [3.63, 3.8) is 0 Å². The van der Waals surface area contributed by atoms with Gasteiger partial charge >= 0.3 is 11.9 Å². The summed E-state index contributed by atoms with van der Waals surface area (Å²) >= 11 is 0. The number of hydrogen-bond donors (Lipinski definition) is 7. The molecule has 12 amide bonds. The molecule has 32 nitrogen and oxygen atoms in total. The van der Waals surface area contributed by atoms with Crippen LogP contribution in [0.2, 0.25) is 0 Å². The van der Waals surface area contributed by atoms with E-state index in [1.807, 2.05) is 38.0 Å². The van der Waals surface area contributed by atoms with Gasteiger partial charge in [0, 0.05) is 109 Å².